The number of hydrogen-bond donors (Lipinski definition) is 2. The highest BCUT2D eigenvalue weighted by atomic mass is 19.1. The Morgan fingerprint density at radius 2 is 1.67 bits per heavy atom. The minimum Gasteiger partial charge on any atom is -0.481 e. The van der Waals surface area contributed by atoms with E-state index in [1.165, 1.54) is 6.92 Å². The smallest absolute Gasteiger partial charge is 0.313 e. The Hall–Kier alpha value is -1.98. The third kappa shape index (κ3) is 3.03. The van der Waals surface area contributed by atoms with Crippen LogP contribution in [0.2, 0.25) is 0 Å². The van der Waals surface area contributed by atoms with Crippen LogP contribution in [0.15, 0.2) is 18.2 Å². The highest BCUT2D eigenvalue weighted by Crippen LogP contribution is 2.30. The number of halogens is 2. The van der Waals surface area contributed by atoms with Gasteiger partial charge in [0.2, 0.25) is 0 Å². The molecule has 1 rings (SSSR count). The summed E-state index contributed by atoms with van der Waals surface area (Å²) < 4.78 is 26.1. The fourth-order valence-corrected chi connectivity index (χ4v) is 1.60. The highest BCUT2D eigenvalue weighted by molar-refractivity contribution is 5.81. The summed E-state index contributed by atoms with van der Waals surface area (Å²) in [7, 11) is 0. The van der Waals surface area contributed by atoms with Crippen LogP contribution in [0.1, 0.15) is 25.3 Å². The fourth-order valence-electron chi connectivity index (χ4n) is 1.60. The molecule has 0 aliphatic rings. The van der Waals surface area contributed by atoms with Crippen LogP contribution >= 0.6 is 0 Å². The third-order valence-electron chi connectivity index (χ3n) is 2.81. The van der Waals surface area contributed by atoms with Crippen molar-refractivity contribution in [3.05, 3.63) is 35.4 Å². The molecule has 6 heteroatoms. The maximum atomic E-state index is 13.1. The summed E-state index contributed by atoms with van der Waals surface area (Å²) >= 11 is 0. The van der Waals surface area contributed by atoms with Gasteiger partial charge in [0, 0.05) is 12.5 Å². The van der Waals surface area contributed by atoms with Gasteiger partial charge in [0.1, 0.15) is 11.6 Å². The maximum Gasteiger partial charge on any atom is 0.313 e. The number of carboxylic acids is 2. The lowest BCUT2D eigenvalue weighted by Gasteiger charge is -2.24. The summed E-state index contributed by atoms with van der Waals surface area (Å²) in [6.45, 7) is 1.24. The minimum absolute atomic E-state index is 0.0891. The van der Waals surface area contributed by atoms with E-state index in [-0.39, 0.29) is 12.0 Å². The summed E-state index contributed by atoms with van der Waals surface area (Å²) in [5, 5.41) is 17.7. The van der Waals surface area contributed by atoms with E-state index in [9.17, 15) is 18.4 Å². The van der Waals surface area contributed by atoms with Gasteiger partial charge < -0.3 is 10.2 Å². The summed E-state index contributed by atoms with van der Waals surface area (Å²) in [6.07, 6.45) is -0.651. The molecule has 0 radical (unpaired) electrons. The Labute approximate surface area is 102 Å². The van der Waals surface area contributed by atoms with Crippen molar-refractivity contribution in [2.75, 3.05) is 0 Å². The monoisotopic (exact) mass is 258 g/mol. The Balaban J connectivity index is 3.17. The van der Waals surface area contributed by atoms with Crippen LogP contribution in [-0.4, -0.2) is 22.2 Å². The molecule has 0 aliphatic carbocycles. The predicted molar refractivity (Wildman–Crippen MR) is 58.2 cm³/mol. The Morgan fingerprint density at radius 3 is 2.06 bits per heavy atom. The molecule has 0 heterocycles. The van der Waals surface area contributed by atoms with Crippen LogP contribution in [0.25, 0.3) is 0 Å². The van der Waals surface area contributed by atoms with Gasteiger partial charge in [0.05, 0.1) is 5.41 Å². The van der Waals surface area contributed by atoms with Crippen molar-refractivity contribution in [3.8, 4) is 0 Å². The van der Waals surface area contributed by atoms with E-state index in [1.54, 1.807) is 0 Å². The number of carboxylic acid groups (broad SMARTS) is 2. The first-order valence-electron chi connectivity index (χ1n) is 5.17. The van der Waals surface area contributed by atoms with Gasteiger partial charge in [-0.15, -0.1) is 0 Å². The first-order chi connectivity index (χ1) is 8.25. The van der Waals surface area contributed by atoms with Crippen LogP contribution in [0, 0.1) is 11.6 Å². The summed E-state index contributed by atoms with van der Waals surface area (Å²) in [5.74, 6) is -4.28. The number of benzene rings is 1. The van der Waals surface area contributed by atoms with E-state index in [0.717, 1.165) is 12.1 Å². The SMILES string of the molecule is CC(CCC(=O)O)(C(=O)O)c1cc(F)cc(F)c1. The molecule has 98 valence electrons. The zero-order valence-electron chi connectivity index (χ0n) is 9.61. The highest BCUT2D eigenvalue weighted by Gasteiger charge is 2.36. The van der Waals surface area contributed by atoms with Crippen molar-refractivity contribution in [1.29, 1.82) is 0 Å². The third-order valence-corrected chi connectivity index (χ3v) is 2.81. The van der Waals surface area contributed by atoms with Crippen molar-refractivity contribution in [3.63, 3.8) is 0 Å². The van der Waals surface area contributed by atoms with Gasteiger partial charge in [-0.3, -0.25) is 9.59 Å². The summed E-state index contributed by atoms with van der Waals surface area (Å²) in [5.41, 5.74) is -1.73. The van der Waals surface area contributed by atoms with Crippen molar-refractivity contribution in [2.24, 2.45) is 0 Å². The first-order valence-corrected chi connectivity index (χ1v) is 5.17. The van der Waals surface area contributed by atoms with Crippen molar-refractivity contribution in [2.45, 2.75) is 25.2 Å². The second-order valence-corrected chi connectivity index (χ2v) is 4.19. The topological polar surface area (TPSA) is 74.6 Å². The molecule has 2 N–H and O–H groups in total. The molecule has 0 saturated heterocycles. The molecule has 0 aliphatic heterocycles. The van der Waals surface area contributed by atoms with E-state index in [0.29, 0.717) is 6.07 Å². The average molecular weight is 258 g/mol. The predicted octanol–water partition coefficient (Wildman–Crippen LogP) is 2.17. The molecular formula is C12H12F2O4. The van der Waals surface area contributed by atoms with E-state index in [2.05, 4.69) is 0 Å². The standard InChI is InChI=1S/C12H12F2O4/c1-12(11(17)18,3-2-10(15)16)7-4-8(13)6-9(14)5-7/h4-6H,2-3H2,1H3,(H,15,16)(H,17,18). The van der Waals surface area contributed by atoms with Crippen LogP contribution in [0.3, 0.4) is 0 Å². The molecule has 0 aromatic heterocycles. The fraction of sp³-hybridized carbons (Fsp3) is 0.333. The van der Waals surface area contributed by atoms with Crippen LogP contribution in [-0.2, 0) is 15.0 Å². The minimum atomic E-state index is -1.64. The van der Waals surface area contributed by atoms with E-state index in [1.807, 2.05) is 0 Å². The van der Waals surface area contributed by atoms with Crippen LogP contribution in [0.4, 0.5) is 8.78 Å². The normalized spacial score (nSPS) is 13.9. The van der Waals surface area contributed by atoms with Gasteiger partial charge in [0.25, 0.3) is 0 Å². The molecule has 1 aromatic carbocycles. The van der Waals surface area contributed by atoms with Gasteiger partial charge in [-0.1, -0.05) is 0 Å². The van der Waals surface area contributed by atoms with Crippen LogP contribution < -0.4 is 0 Å². The van der Waals surface area contributed by atoms with E-state index < -0.39 is 35.4 Å². The Morgan fingerprint density at radius 1 is 1.17 bits per heavy atom. The Kier molecular flexibility index (Phi) is 4.00. The van der Waals surface area contributed by atoms with Gasteiger partial charge in [-0.25, -0.2) is 8.78 Å². The molecular weight excluding hydrogens is 246 g/mol. The molecule has 0 saturated carbocycles. The zero-order valence-corrected chi connectivity index (χ0v) is 9.61. The molecule has 0 amide bonds. The summed E-state index contributed by atoms with van der Waals surface area (Å²) in [4.78, 5) is 21.7. The molecule has 0 bridgehead atoms. The van der Waals surface area contributed by atoms with E-state index in [4.69, 9.17) is 10.2 Å². The molecule has 18 heavy (non-hydrogen) atoms. The lowest BCUT2D eigenvalue weighted by atomic mass is 9.78. The largest absolute Gasteiger partial charge is 0.481 e. The Bertz CT molecular complexity index is 467. The molecule has 0 fully saturated rings. The number of carbonyl (C=O) groups is 2. The maximum absolute atomic E-state index is 13.1. The zero-order chi connectivity index (χ0) is 13.9. The summed E-state index contributed by atoms with van der Waals surface area (Å²) in [6, 6.07) is 2.43. The van der Waals surface area contributed by atoms with Crippen molar-refractivity contribution >= 4 is 11.9 Å². The first kappa shape index (κ1) is 14.1. The number of hydrogen-bond acceptors (Lipinski definition) is 2. The molecule has 1 aromatic rings. The lowest BCUT2D eigenvalue weighted by Crippen LogP contribution is -2.33. The van der Waals surface area contributed by atoms with E-state index >= 15 is 0 Å². The second-order valence-electron chi connectivity index (χ2n) is 4.19. The van der Waals surface area contributed by atoms with Gasteiger partial charge in [-0.2, -0.15) is 0 Å². The molecule has 4 nitrogen and oxygen atoms in total. The van der Waals surface area contributed by atoms with Gasteiger partial charge >= 0.3 is 11.9 Å². The number of rotatable bonds is 5. The van der Waals surface area contributed by atoms with Gasteiger partial charge in [0.15, 0.2) is 0 Å². The second kappa shape index (κ2) is 5.12. The van der Waals surface area contributed by atoms with Crippen molar-refractivity contribution in [1.82, 2.24) is 0 Å². The number of aliphatic carboxylic acids is 2. The van der Waals surface area contributed by atoms with Crippen molar-refractivity contribution < 1.29 is 28.6 Å². The van der Waals surface area contributed by atoms with Gasteiger partial charge in [-0.05, 0) is 31.0 Å². The molecule has 1 unspecified atom stereocenters. The molecule has 1 atom stereocenters. The van der Waals surface area contributed by atoms with Crippen LogP contribution in [0.5, 0.6) is 0 Å². The molecule has 0 spiro atoms. The quantitative estimate of drug-likeness (QED) is 0.848. The lowest BCUT2D eigenvalue weighted by molar-refractivity contribution is -0.144. The average Bonchev–Trinajstić information content (AvgIpc) is 2.24.